The van der Waals surface area contributed by atoms with Gasteiger partial charge in [-0.25, -0.2) is 4.79 Å². The fourth-order valence-corrected chi connectivity index (χ4v) is 7.79. The zero-order chi connectivity index (χ0) is 33.6. The molecule has 1 saturated carbocycles. The van der Waals surface area contributed by atoms with Gasteiger partial charge in [-0.05, 0) is 55.6 Å². The fourth-order valence-electron chi connectivity index (χ4n) is 6.42. The Morgan fingerprint density at radius 2 is 1.51 bits per heavy atom. The number of carbonyl (C=O) groups is 1. The molecule has 1 aliphatic heterocycles. The maximum Gasteiger partial charge on any atom is 0.328 e. The minimum Gasteiger partial charge on any atom is -0.457 e. The van der Waals surface area contributed by atoms with Gasteiger partial charge in [-0.3, -0.25) is 19.1 Å². The molecule has 0 radical (unpaired) electrons. The van der Waals surface area contributed by atoms with Crippen LogP contribution in [0.3, 0.4) is 0 Å². The van der Waals surface area contributed by atoms with E-state index in [1.165, 1.54) is 10.8 Å². The standard InChI is InChI=1S/C37H43N3O6Si/c1-24-22-40(35(43)39-34(24)42)23-32(41)38-33-30(20-21-31(33)46-47(5,6)36(2,3)4)45-37(25-14-8-7-9-15-25)26-16-10-12-18-28(26)44-29-19-13-11-17-27(29)37/h7-19,22,30-31,33H,20-21,23H2,1-6H3,(H,38,41)(H,39,42,43)/t30-,31-,33-/m1/s1. The molecule has 9 nitrogen and oxygen atoms in total. The summed E-state index contributed by atoms with van der Waals surface area (Å²) in [6, 6.07) is 25.4. The van der Waals surface area contributed by atoms with E-state index in [-0.39, 0.29) is 23.6 Å². The highest BCUT2D eigenvalue weighted by atomic mass is 28.4. The SMILES string of the molecule is Cc1cn(CC(=O)N[C@@H]2[C@H](OC3(c4ccccc4)c4ccccc4Oc4ccccc43)CC[C@H]2O[Si](C)(C)C(C)(C)C)c(=O)[nH]c1=O. The van der Waals surface area contributed by atoms with E-state index in [0.717, 1.165) is 16.7 Å². The molecule has 0 bridgehead atoms. The Balaban J connectivity index is 1.43. The van der Waals surface area contributed by atoms with E-state index < -0.39 is 37.3 Å². The van der Waals surface area contributed by atoms with Crippen molar-refractivity contribution in [2.24, 2.45) is 0 Å². The quantitative estimate of drug-likeness (QED) is 0.226. The van der Waals surface area contributed by atoms with Crippen LogP contribution in [0.4, 0.5) is 0 Å². The lowest BCUT2D eigenvalue weighted by molar-refractivity contribution is -0.126. The van der Waals surface area contributed by atoms with Crippen LogP contribution in [0, 0.1) is 6.92 Å². The third-order valence-electron chi connectivity index (χ3n) is 9.88. The molecule has 3 atom stereocenters. The van der Waals surface area contributed by atoms with Gasteiger partial charge in [0.2, 0.25) is 5.91 Å². The molecule has 6 rings (SSSR count). The summed E-state index contributed by atoms with van der Waals surface area (Å²) in [5, 5.41) is 3.17. The molecule has 1 amide bonds. The van der Waals surface area contributed by atoms with Gasteiger partial charge in [-0.1, -0.05) is 87.5 Å². The van der Waals surface area contributed by atoms with Gasteiger partial charge >= 0.3 is 5.69 Å². The average molecular weight is 654 g/mol. The monoisotopic (exact) mass is 653 g/mol. The molecule has 10 heteroatoms. The maximum atomic E-state index is 13.7. The molecule has 1 aliphatic carbocycles. The molecule has 47 heavy (non-hydrogen) atoms. The second-order valence-electron chi connectivity index (χ2n) is 14.1. The smallest absolute Gasteiger partial charge is 0.328 e. The molecule has 1 aromatic heterocycles. The first-order chi connectivity index (χ1) is 22.3. The van der Waals surface area contributed by atoms with Crippen molar-refractivity contribution in [1.82, 2.24) is 14.9 Å². The summed E-state index contributed by atoms with van der Waals surface area (Å²) in [6.45, 7) is 12.3. The maximum absolute atomic E-state index is 13.7. The van der Waals surface area contributed by atoms with Crippen molar-refractivity contribution in [2.45, 2.75) is 89.1 Å². The van der Waals surface area contributed by atoms with Crippen LogP contribution in [0.5, 0.6) is 11.5 Å². The molecule has 246 valence electrons. The van der Waals surface area contributed by atoms with Crippen LogP contribution in [-0.4, -0.2) is 42.0 Å². The summed E-state index contributed by atoms with van der Waals surface area (Å²) in [6.07, 6.45) is 1.97. The van der Waals surface area contributed by atoms with Crippen LogP contribution in [-0.2, 0) is 26.1 Å². The van der Waals surface area contributed by atoms with Crippen molar-refractivity contribution >= 4 is 14.2 Å². The molecular weight excluding hydrogens is 611 g/mol. The molecule has 0 unspecified atom stereocenters. The number of amides is 1. The number of para-hydroxylation sites is 2. The van der Waals surface area contributed by atoms with Crippen LogP contribution >= 0.6 is 0 Å². The van der Waals surface area contributed by atoms with Crippen LogP contribution in [0.1, 0.15) is 55.9 Å². The third-order valence-corrected chi connectivity index (χ3v) is 14.4. The highest BCUT2D eigenvalue weighted by Gasteiger charge is 2.51. The van der Waals surface area contributed by atoms with Crippen molar-refractivity contribution in [3.8, 4) is 11.5 Å². The average Bonchev–Trinajstić information content (AvgIpc) is 3.38. The second-order valence-corrected chi connectivity index (χ2v) is 18.8. The van der Waals surface area contributed by atoms with Crippen molar-refractivity contribution in [2.75, 3.05) is 0 Å². The van der Waals surface area contributed by atoms with E-state index in [0.29, 0.717) is 29.9 Å². The first-order valence-electron chi connectivity index (χ1n) is 16.2. The van der Waals surface area contributed by atoms with Gasteiger partial charge in [0.15, 0.2) is 13.9 Å². The van der Waals surface area contributed by atoms with Crippen LogP contribution in [0.25, 0.3) is 0 Å². The van der Waals surface area contributed by atoms with Gasteiger partial charge in [-0.2, -0.15) is 0 Å². The van der Waals surface area contributed by atoms with Crippen LogP contribution in [0.2, 0.25) is 18.1 Å². The lowest BCUT2D eigenvalue weighted by Crippen LogP contribution is -2.55. The van der Waals surface area contributed by atoms with E-state index in [4.69, 9.17) is 13.9 Å². The Bertz CT molecular complexity index is 1850. The number of hydrogen-bond acceptors (Lipinski definition) is 6. The summed E-state index contributed by atoms with van der Waals surface area (Å²) < 4.78 is 22.1. The second kappa shape index (κ2) is 12.4. The first-order valence-corrected chi connectivity index (χ1v) is 19.1. The third kappa shape index (κ3) is 6.13. The molecule has 2 N–H and O–H groups in total. The van der Waals surface area contributed by atoms with Gasteiger partial charge < -0.3 is 19.2 Å². The fraction of sp³-hybridized carbons (Fsp3) is 0.378. The van der Waals surface area contributed by atoms with E-state index in [1.54, 1.807) is 6.92 Å². The molecule has 2 aliphatic rings. The number of aromatic nitrogens is 2. The Morgan fingerprint density at radius 3 is 2.13 bits per heavy atom. The minimum atomic E-state index is -2.26. The largest absolute Gasteiger partial charge is 0.457 e. The molecule has 4 aromatic rings. The minimum absolute atomic E-state index is 0.0505. The summed E-state index contributed by atoms with van der Waals surface area (Å²) in [5.41, 5.74) is 0.888. The lowest BCUT2D eigenvalue weighted by Gasteiger charge is -2.44. The Labute approximate surface area is 276 Å². The molecule has 2 heterocycles. The summed E-state index contributed by atoms with van der Waals surface area (Å²) in [4.78, 5) is 40.5. The lowest BCUT2D eigenvalue weighted by atomic mass is 9.77. The number of ether oxygens (including phenoxy) is 2. The van der Waals surface area contributed by atoms with Crippen molar-refractivity contribution < 1.29 is 18.7 Å². The Morgan fingerprint density at radius 1 is 0.936 bits per heavy atom. The summed E-state index contributed by atoms with van der Waals surface area (Å²) in [5.74, 6) is 1.04. The zero-order valence-corrected chi connectivity index (χ0v) is 28.8. The van der Waals surface area contributed by atoms with E-state index >= 15 is 0 Å². The highest BCUT2D eigenvalue weighted by Crippen LogP contribution is 2.54. The Kier molecular flexibility index (Phi) is 8.63. The number of H-pyrrole nitrogens is 1. The number of aromatic amines is 1. The van der Waals surface area contributed by atoms with Crippen molar-refractivity contribution in [1.29, 1.82) is 0 Å². The van der Waals surface area contributed by atoms with Crippen LogP contribution in [0.15, 0.2) is 94.6 Å². The molecular formula is C37H43N3O6Si. The van der Waals surface area contributed by atoms with E-state index in [9.17, 15) is 14.4 Å². The van der Waals surface area contributed by atoms with Gasteiger partial charge in [0.1, 0.15) is 18.0 Å². The Hall–Kier alpha value is -4.25. The summed E-state index contributed by atoms with van der Waals surface area (Å²) >= 11 is 0. The van der Waals surface area contributed by atoms with E-state index in [1.807, 2.05) is 66.7 Å². The van der Waals surface area contributed by atoms with E-state index in [2.05, 4.69) is 56.3 Å². The van der Waals surface area contributed by atoms with Gasteiger partial charge in [-0.15, -0.1) is 0 Å². The number of benzene rings is 3. The molecule has 0 saturated heterocycles. The predicted octanol–water partition coefficient (Wildman–Crippen LogP) is 6.00. The first kappa shape index (κ1) is 32.7. The molecule has 1 fully saturated rings. The number of nitrogens with one attached hydrogen (secondary N) is 2. The number of fused-ring (bicyclic) bond motifs is 2. The number of aryl methyl sites for hydroxylation is 1. The molecule has 0 spiro atoms. The normalized spacial score (nSPS) is 20.2. The topological polar surface area (TPSA) is 112 Å². The van der Waals surface area contributed by atoms with Crippen molar-refractivity contribution in [3.63, 3.8) is 0 Å². The molecule has 3 aromatic carbocycles. The number of carbonyl (C=O) groups excluding carboxylic acids is 1. The highest BCUT2D eigenvalue weighted by molar-refractivity contribution is 6.74. The van der Waals surface area contributed by atoms with Gasteiger partial charge in [0.05, 0.1) is 18.2 Å². The number of hydrogen-bond donors (Lipinski definition) is 2. The number of nitrogens with zero attached hydrogens (tertiary/aromatic N) is 1. The van der Waals surface area contributed by atoms with Gasteiger partial charge in [0.25, 0.3) is 5.56 Å². The predicted molar refractivity (Wildman–Crippen MR) is 183 cm³/mol. The summed E-state index contributed by atoms with van der Waals surface area (Å²) in [7, 11) is -2.26. The zero-order valence-electron chi connectivity index (χ0n) is 27.8. The number of rotatable bonds is 8. The van der Waals surface area contributed by atoms with Crippen LogP contribution < -0.4 is 21.3 Å². The van der Waals surface area contributed by atoms with Gasteiger partial charge in [0, 0.05) is 22.9 Å². The van der Waals surface area contributed by atoms with Crippen molar-refractivity contribution in [3.05, 3.63) is 128 Å².